The molecule has 2 unspecified atom stereocenters. The summed E-state index contributed by atoms with van der Waals surface area (Å²) in [6.07, 6.45) is -1.65. The second-order valence-electron chi connectivity index (χ2n) is 5.65. The lowest BCUT2D eigenvalue weighted by molar-refractivity contribution is -0.138. The Morgan fingerprint density at radius 3 is 2.48 bits per heavy atom. The molecule has 0 aromatic heterocycles. The molecule has 1 saturated carbocycles. The molecule has 1 aliphatic carbocycles. The summed E-state index contributed by atoms with van der Waals surface area (Å²) < 4.78 is 44.1. The molecule has 118 valence electrons. The lowest BCUT2D eigenvalue weighted by Crippen LogP contribution is -2.63. The smallest absolute Gasteiger partial charge is 0.416 e. The van der Waals surface area contributed by atoms with Crippen LogP contribution in [-0.4, -0.2) is 19.2 Å². The molecule has 0 bridgehead atoms. The van der Waals surface area contributed by atoms with Crippen LogP contribution in [0.15, 0.2) is 24.3 Å². The van der Waals surface area contributed by atoms with Crippen LogP contribution in [0.1, 0.15) is 38.7 Å². The summed E-state index contributed by atoms with van der Waals surface area (Å²) in [5.74, 6) is 0.302. The van der Waals surface area contributed by atoms with Crippen molar-refractivity contribution >= 4 is 0 Å². The normalized spacial score (nSPS) is 24.5. The quantitative estimate of drug-likeness (QED) is 0.878. The summed E-state index contributed by atoms with van der Waals surface area (Å²) in [5.41, 5.74) is -0.661. The van der Waals surface area contributed by atoms with Gasteiger partial charge in [-0.2, -0.15) is 13.2 Å². The van der Waals surface area contributed by atoms with Crippen LogP contribution >= 0.6 is 0 Å². The molecule has 2 nitrogen and oxygen atoms in total. The molecule has 1 aromatic rings. The molecular weight excluding hydrogens is 279 g/mol. The highest BCUT2D eigenvalue weighted by molar-refractivity contribution is 5.31. The van der Waals surface area contributed by atoms with Crippen LogP contribution in [-0.2, 0) is 6.18 Å². The zero-order valence-electron chi connectivity index (χ0n) is 12.6. The van der Waals surface area contributed by atoms with Gasteiger partial charge >= 0.3 is 6.18 Å². The van der Waals surface area contributed by atoms with Crippen molar-refractivity contribution in [2.24, 2.45) is 5.41 Å². The van der Waals surface area contributed by atoms with Crippen LogP contribution in [0.25, 0.3) is 0 Å². The second kappa shape index (κ2) is 5.87. The Balaban J connectivity index is 2.16. The van der Waals surface area contributed by atoms with Gasteiger partial charge in [-0.25, -0.2) is 0 Å². The Morgan fingerprint density at radius 2 is 1.95 bits per heavy atom. The molecule has 0 heterocycles. The van der Waals surface area contributed by atoms with Crippen molar-refractivity contribution in [3.63, 3.8) is 0 Å². The Kier molecular flexibility index (Phi) is 4.51. The van der Waals surface area contributed by atoms with Gasteiger partial charge in [0, 0.05) is 17.9 Å². The third-order valence-electron chi connectivity index (χ3n) is 4.89. The number of nitrogens with one attached hydrogen (secondary N) is 1. The highest BCUT2D eigenvalue weighted by atomic mass is 19.4. The Bertz CT molecular complexity index is 483. The molecule has 0 spiro atoms. The van der Waals surface area contributed by atoms with E-state index in [1.54, 1.807) is 6.07 Å². The van der Waals surface area contributed by atoms with Crippen LogP contribution in [0.5, 0.6) is 5.75 Å². The summed E-state index contributed by atoms with van der Waals surface area (Å²) in [4.78, 5) is 0. The van der Waals surface area contributed by atoms with Gasteiger partial charge in [-0.3, -0.25) is 0 Å². The summed E-state index contributed by atoms with van der Waals surface area (Å²) in [6, 6.07) is 5.51. The van der Waals surface area contributed by atoms with Crippen LogP contribution in [0.4, 0.5) is 13.2 Å². The summed E-state index contributed by atoms with van der Waals surface area (Å²) >= 11 is 0. The van der Waals surface area contributed by atoms with Gasteiger partial charge in [0.05, 0.1) is 5.56 Å². The molecule has 0 amide bonds. The van der Waals surface area contributed by atoms with Crippen molar-refractivity contribution in [2.45, 2.75) is 51.4 Å². The zero-order valence-corrected chi connectivity index (χ0v) is 12.6. The standard InChI is InChI=1S/C16H22F3NO/c1-4-15(5-2)13(20-3)10-14(15)21-12-8-6-7-11(9-12)16(17,18)19/h6-9,13-14,20H,4-5,10H2,1-3H3. The monoisotopic (exact) mass is 301 g/mol. The van der Waals surface area contributed by atoms with E-state index >= 15 is 0 Å². The molecule has 2 rings (SSSR count). The van der Waals surface area contributed by atoms with E-state index in [0.717, 1.165) is 31.4 Å². The van der Waals surface area contributed by atoms with Gasteiger partial charge in [0.25, 0.3) is 0 Å². The number of hydrogen-bond donors (Lipinski definition) is 1. The van der Waals surface area contributed by atoms with E-state index in [9.17, 15) is 13.2 Å². The summed E-state index contributed by atoms with van der Waals surface area (Å²) in [7, 11) is 1.92. The zero-order chi connectivity index (χ0) is 15.7. The average molecular weight is 301 g/mol. The van der Waals surface area contributed by atoms with E-state index in [0.29, 0.717) is 11.8 Å². The predicted molar refractivity (Wildman–Crippen MR) is 76.3 cm³/mol. The fourth-order valence-electron chi connectivity index (χ4n) is 3.43. The van der Waals surface area contributed by atoms with Gasteiger partial charge < -0.3 is 10.1 Å². The van der Waals surface area contributed by atoms with E-state index in [4.69, 9.17) is 4.74 Å². The number of ether oxygens (including phenoxy) is 1. The maximum Gasteiger partial charge on any atom is 0.416 e. The highest BCUT2D eigenvalue weighted by Gasteiger charge is 2.53. The Labute approximate surface area is 123 Å². The van der Waals surface area contributed by atoms with Crippen molar-refractivity contribution in [2.75, 3.05) is 7.05 Å². The molecule has 1 aliphatic rings. The second-order valence-corrected chi connectivity index (χ2v) is 5.65. The van der Waals surface area contributed by atoms with Crippen LogP contribution < -0.4 is 10.1 Å². The first-order chi connectivity index (χ1) is 9.87. The van der Waals surface area contributed by atoms with Crippen LogP contribution in [0.3, 0.4) is 0 Å². The molecule has 2 atom stereocenters. The van der Waals surface area contributed by atoms with Crippen LogP contribution in [0, 0.1) is 5.41 Å². The highest BCUT2D eigenvalue weighted by Crippen LogP contribution is 2.49. The fourth-order valence-corrected chi connectivity index (χ4v) is 3.43. The topological polar surface area (TPSA) is 21.3 Å². The minimum atomic E-state index is -4.33. The third kappa shape index (κ3) is 2.89. The average Bonchev–Trinajstić information content (AvgIpc) is 2.44. The molecular formula is C16H22F3NO. The molecule has 1 N–H and O–H groups in total. The van der Waals surface area contributed by atoms with Gasteiger partial charge in [-0.15, -0.1) is 0 Å². The van der Waals surface area contributed by atoms with Crippen molar-refractivity contribution in [3.05, 3.63) is 29.8 Å². The summed E-state index contributed by atoms with van der Waals surface area (Å²) in [6.45, 7) is 4.21. The van der Waals surface area contributed by atoms with Crippen molar-refractivity contribution in [1.29, 1.82) is 0 Å². The van der Waals surface area contributed by atoms with E-state index in [1.807, 2.05) is 7.05 Å². The number of benzene rings is 1. The fraction of sp³-hybridized carbons (Fsp3) is 0.625. The molecule has 0 radical (unpaired) electrons. The van der Waals surface area contributed by atoms with Gasteiger partial charge in [0.1, 0.15) is 11.9 Å². The first-order valence-corrected chi connectivity index (χ1v) is 7.38. The third-order valence-corrected chi connectivity index (χ3v) is 4.89. The maximum absolute atomic E-state index is 12.7. The number of hydrogen-bond acceptors (Lipinski definition) is 2. The molecule has 0 saturated heterocycles. The SMILES string of the molecule is CCC1(CC)C(NC)CC1Oc1cccc(C(F)(F)F)c1. The van der Waals surface area contributed by atoms with Crippen molar-refractivity contribution in [3.8, 4) is 5.75 Å². The Morgan fingerprint density at radius 1 is 1.29 bits per heavy atom. The Hall–Kier alpha value is -1.23. The number of alkyl halides is 3. The van der Waals surface area contributed by atoms with E-state index < -0.39 is 11.7 Å². The van der Waals surface area contributed by atoms with Crippen LogP contribution in [0.2, 0.25) is 0 Å². The lowest BCUT2D eigenvalue weighted by Gasteiger charge is -2.55. The van der Waals surface area contributed by atoms with Gasteiger partial charge in [-0.05, 0) is 38.1 Å². The molecule has 1 aromatic carbocycles. The molecule has 0 aliphatic heterocycles. The maximum atomic E-state index is 12.7. The van der Waals surface area contributed by atoms with Crippen molar-refractivity contribution < 1.29 is 17.9 Å². The van der Waals surface area contributed by atoms with Gasteiger partial charge in [0.15, 0.2) is 0 Å². The number of rotatable bonds is 5. The minimum absolute atomic E-state index is 0.00296. The molecule has 21 heavy (non-hydrogen) atoms. The molecule has 1 fully saturated rings. The summed E-state index contributed by atoms with van der Waals surface area (Å²) in [5, 5.41) is 3.29. The van der Waals surface area contributed by atoms with Gasteiger partial charge in [-0.1, -0.05) is 19.9 Å². The lowest BCUT2D eigenvalue weighted by atomic mass is 9.58. The van der Waals surface area contributed by atoms with E-state index in [-0.39, 0.29) is 11.5 Å². The predicted octanol–water partition coefficient (Wildman–Crippen LogP) is 4.25. The van der Waals surface area contributed by atoms with E-state index in [2.05, 4.69) is 19.2 Å². The minimum Gasteiger partial charge on any atom is -0.490 e. The first kappa shape index (κ1) is 16.1. The van der Waals surface area contributed by atoms with Crippen molar-refractivity contribution in [1.82, 2.24) is 5.32 Å². The number of halogens is 3. The van der Waals surface area contributed by atoms with Gasteiger partial charge in [0.2, 0.25) is 0 Å². The largest absolute Gasteiger partial charge is 0.490 e. The first-order valence-electron chi connectivity index (χ1n) is 7.38. The van der Waals surface area contributed by atoms with E-state index in [1.165, 1.54) is 6.07 Å². The molecule has 5 heteroatoms.